The van der Waals surface area contributed by atoms with E-state index < -0.39 is 0 Å². The van der Waals surface area contributed by atoms with E-state index in [2.05, 4.69) is 5.32 Å². The van der Waals surface area contributed by atoms with Crippen molar-refractivity contribution in [3.05, 3.63) is 29.8 Å². The monoisotopic (exact) mass is 278 g/mol. The van der Waals surface area contributed by atoms with Gasteiger partial charge in [0.1, 0.15) is 11.9 Å². The van der Waals surface area contributed by atoms with Crippen molar-refractivity contribution in [2.24, 2.45) is 0 Å². The number of nitrogens with zero attached hydrogens (tertiary/aromatic N) is 1. The number of morpholine rings is 1. The molecule has 1 aromatic rings. The Morgan fingerprint density at radius 3 is 2.70 bits per heavy atom. The van der Waals surface area contributed by atoms with Crippen molar-refractivity contribution in [2.45, 2.75) is 19.1 Å². The van der Waals surface area contributed by atoms with E-state index in [4.69, 9.17) is 9.47 Å². The van der Waals surface area contributed by atoms with Crippen molar-refractivity contribution < 1.29 is 14.3 Å². The molecule has 1 saturated heterocycles. The van der Waals surface area contributed by atoms with E-state index in [1.807, 2.05) is 38.2 Å². The number of rotatable bonds is 4. The van der Waals surface area contributed by atoms with Gasteiger partial charge in [0.2, 0.25) is 0 Å². The summed E-state index contributed by atoms with van der Waals surface area (Å²) < 4.78 is 10.7. The van der Waals surface area contributed by atoms with Gasteiger partial charge in [-0.2, -0.15) is 0 Å². The highest BCUT2D eigenvalue weighted by Gasteiger charge is 2.27. The third-order valence-corrected chi connectivity index (χ3v) is 3.73. The van der Waals surface area contributed by atoms with Crippen LogP contribution in [-0.4, -0.2) is 50.8 Å². The molecule has 2 atom stereocenters. The van der Waals surface area contributed by atoms with E-state index in [0.717, 1.165) is 17.9 Å². The van der Waals surface area contributed by atoms with Crippen LogP contribution in [0.5, 0.6) is 5.75 Å². The van der Waals surface area contributed by atoms with Crippen molar-refractivity contribution in [1.82, 2.24) is 10.2 Å². The van der Waals surface area contributed by atoms with Gasteiger partial charge in [-0.3, -0.25) is 4.79 Å². The Bertz CT molecular complexity index is 441. The summed E-state index contributed by atoms with van der Waals surface area (Å²) in [4.78, 5) is 14.1. The molecule has 0 saturated carbocycles. The Morgan fingerprint density at radius 1 is 1.45 bits per heavy atom. The van der Waals surface area contributed by atoms with Crippen LogP contribution in [0.3, 0.4) is 0 Å². The highest BCUT2D eigenvalue weighted by Crippen LogP contribution is 2.22. The second-order valence-corrected chi connectivity index (χ2v) is 4.96. The molecule has 1 fully saturated rings. The Balaban J connectivity index is 2.02. The van der Waals surface area contributed by atoms with Crippen LogP contribution in [0.4, 0.5) is 0 Å². The predicted octanol–water partition coefficient (Wildman–Crippen LogP) is 1.20. The molecule has 110 valence electrons. The second kappa shape index (κ2) is 6.72. The fraction of sp³-hybridized carbons (Fsp3) is 0.533. The molecule has 1 aliphatic rings. The molecular formula is C15H22N2O3. The maximum Gasteiger partial charge on any atom is 0.253 e. The summed E-state index contributed by atoms with van der Waals surface area (Å²) in [6, 6.07) is 7.77. The zero-order chi connectivity index (χ0) is 14.5. The summed E-state index contributed by atoms with van der Waals surface area (Å²) in [5, 5.41) is 3.18. The Hall–Kier alpha value is -1.59. The summed E-state index contributed by atoms with van der Waals surface area (Å²) in [5.41, 5.74) is 1.07. The lowest BCUT2D eigenvalue weighted by atomic mass is 10.1. The van der Waals surface area contributed by atoms with Gasteiger partial charge in [0.15, 0.2) is 0 Å². The molecule has 0 bridgehead atoms. The van der Waals surface area contributed by atoms with Crippen molar-refractivity contribution >= 4 is 5.91 Å². The predicted molar refractivity (Wildman–Crippen MR) is 76.8 cm³/mol. The van der Waals surface area contributed by atoms with Gasteiger partial charge in [-0.15, -0.1) is 0 Å². The minimum absolute atomic E-state index is 0.000988. The molecule has 0 spiro atoms. The van der Waals surface area contributed by atoms with E-state index in [0.29, 0.717) is 13.2 Å². The van der Waals surface area contributed by atoms with E-state index in [9.17, 15) is 4.79 Å². The fourth-order valence-electron chi connectivity index (χ4n) is 2.25. The summed E-state index contributed by atoms with van der Waals surface area (Å²) in [7, 11) is 3.46. The topological polar surface area (TPSA) is 50.8 Å². The Morgan fingerprint density at radius 2 is 2.15 bits per heavy atom. The van der Waals surface area contributed by atoms with Crippen LogP contribution in [0.1, 0.15) is 18.5 Å². The van der Waals surface area contributed by atoms with Crippen molar-refractivity contribution in [3.8, 4) is 5.75 Å². The van der Waals surface area contributed by atoms with Gasteiger partial charge in [-0.05, 0) is 24.6 Å². The fourth-order valence-corrected chi connectivity index (χ4v) is 2.25. The Labute approximate surface area is 119 Å². The van der Waals surface area contributed by atoms with E-state index in [1.54, 1.807) is 12.0 Å². The normalized spacial score (nSPS) is 20.2. The number of hydrogen-bond donors (Lipinski definition) is 1. The number of nitrogens with one attached hydrogen (secondary N) is 1. The quantitative estimate of drug-likeness (QED) is 0.899. The maximum absolute atomic E-state index is 12.4. The smallest absolute Gasteiger partial charge is 0.253 e. The molecule has 20 heavy (non-hydrogen) atoms. The lowest BCUT2D eigenvalue weighted by molar-refractivity contribution is -0.145. The molecular weight excluding hydrogens is 256 g/mol. The van der Waals surface area contributed by atoms with Crippen LogP contribution in [0.2, 0.25) is 0 Å². The molecule has 5 nitrogen and oxygen atoms in total. The molecule has 1 aliphatic heterocycles. The number of ether oxygens (including phenoxy) is 2. The molecule has 2 unspecified atom stereocenters. The van der Waals surface area contributed by atoms with Gasteiger partial charge in [0, 0.05) is 20.1 Å². The lowest BCUT2D eigenvalue weighted by Gasteiger charge is -2.31. The van der Waals surface area contributed by atoms with Gasteiger partial charge < -0.3 is 19.7 Å². The van der Waals surface area contributed by atoms with E-state index in [1.165, 1.54) is 0 Å². The zero-order valence-corrected chi connectivity index (χ0v) is 12.3. The molecule has 0 aromatic heterocycles. The third kappa shape index (κ3) is 3.29. The average Bonchev–Trinajstić information content (AvgIpc) is 2.53. The van der Waals surface area contributed by atoms with Gasteiger partial charge >= 0.3 is 0 Å². The first kappa shape index (κ1) is 14.8. The SMILES string of the molecule is COc1ccc(C(C)N(C)C(=O)C2CNCCO2)cc1. The highest BCUT2D eigenvalue weighted by molar-refractivity contribution is 5.81. The summed E-state index contributed by atoms with van der Waals surface area (Å²) in [6.45, 7) is 3.98. The van der Waals surface area contributed by atoms with Gasteiger partial charge in [-0.1, -0.05) is 12.1 Å². The molecule has 5 heteroatoms. The molecule has 1 heterocycles. The Kier molecular flexibility index (Phi) is 4.98. The molecule has 2 rings (SSSR count). The number of carbonyl (C=O) groups is 1. The van der Waals surface area contributed by atoms with Crippen molar-refractivity contribution in [3.63, 3.8) is 0 Å². The second-order valence-electron chi connectivity index (χ2n) is 4.96. The average molecular weight is 278 g/mol. The minimum Gasteiger partial charge on any atom is -0.497 e. The molecule has 1 N–H and O–H groups in total. The molecule has 1 aromatic carbocycles. The lowest BCUT2D eigenvalue weighted by Crippen LogP contribution is -2.48. The van der Waals surface area contributed by atoms with Gasteiger partial charge in [-0.25, -0.2) is 0 Å². The zero-order valence-electron chi connectivity index (χ0n) is 12.3. The first-order valence-electron chi connectivity index (χ1n) is 6.86. The first-order chi connectivity index (χ1) is 9.63. The molecule has 0 aliphatic carbocycles. The summed E-state index contributed by atoms with van der Waals surface area (Å²) >= 11 is 0. The molecule has 0 radical (unpaired) electrons. The van der Waals surface area contributed by atoms with Gasteiger partial charge in [0.25, 0.3) is 5.91 Å². The number of methoxy groups -OCH3 is 1. The maximum atomic E-state index is 12.4. The minimum atomic E-state index is -0.380. The van der Waals surface area contributed by atoms with Crippen LogP contribution in [0.15, 0.2) is 24.3 Å². The number of carbonyl (C=O) groups excluding carboxylic acids is 1. The van der Waals surface area contributed by atoms with Crippen LogP contribution in [0.25, 0.3) is 0 Å². The standard InChI is InChI=1S/C15H22N2O3/c1-11(12-4-6-13(19-3)7-5-12)17(2)15(18)14-10-16-8-9-20-14/h4-7,11,14,16H,8-10H2,1-3H3. The number of benzene rings is 1. The van der Waals surface area contributed by atoms with Crippen LogP contribution >= 0.6 is 0 Å². The van der Waals surface area contributed by atoms with Crippen LogP contribution in [-0.2, 0) is 9.53 Å². The van der Waals surface area contributed by atoms with Crippen LogP contribution < -0.4 is 10.1 Å². The summed E-state index contributed by atoms with van der Waals surface area (Å²) in [6.07, 6.45) is -0.380. The number of amides is 1. The largest absolute Gasteiger partial charge is 0.497 e. The third-order valence-electron chi connectivity index (χ3n) is 3.73. The van der Waals surface area contributed by atoms with Crippen molar-refractivity contribution in [1.29, 1.82) is 0 Å². The van der Waals surface area contributed by atoms with Crippen LogP contribution in [0, 0.1) is 0 Å². The van der Waals surface area contributed by atoms with E-state index in [-0.39, 0.29) is 18.1 Å². The highest BCUT2D eigenvalue weighted by atomic mass is 16.5. The van der Waals surface area contributed by atoms with E-state index >= 15 is 0 Å². The number of likely N-dealkylation sites (N-methyl/N-ethyl adjacent to an activating group) is 1. The van der Waals surface area contributed by atoms with Gasteiger partial charge in [0.05, 0.1) is 19.8 Å². The van der Waals surface area contributed by atoms with Crippen molar-refractivity contribution in [2.75, 3.05) is 33.9 Å². The number of hydrogen-bond acceptors (Lipinski definition) is 4. The summed E-state index contributed by atoms with van der Waals surface area (Å²) in [5.74, 6) is 0.829. The first-order valence-corrected chi connectivity index (χ1v) is 6.86. The molecule has 1 amide bonds.